The maximum absolute atomic E-state index is 13.4. The van der Waals surface area contributed by atoms with Crippen LogP contribution in [0.25, 0.3) is 10.2 Å². The SMILES string of the molecule is Cc1ccc(C(=O)C2C(=O)C(=O)N(c3nc4ccccc4s3)C2c2ccccc2)cc1. The predicted molar refractivity (Wildman–Crippen MR) is 120 cm³/mol. The maximum Gasteiger partial charge on any atom is 0.297 e. The average molecular weight is 426 g/mol. The molecule has 5 nitrogen and oxygen atoms in total. The topological polar surface area (TPSA) is 67.3 Å². The van der Waals surface area contributed by atoms with E-state index in [2.05, 4.69) is 4.98 Å². The summed E-state index contributed by atoms with van der Waals surface area (Å²) in [5.41, 5.74) is 2.92. The van der Waals surface area contributed by atoms with Gasteiger partial charge in [-0.2, -0.15) is 0 Å². The zero-order valence-corrected chi connectivity index (χ0v) is 17.5. The number of aryl methyl sites for hydroxylation is 1. The van der Waals surface area contributed by atoms with Crippen molar-refractivity contribution in [2.75, 3.05) is 4.90 Å². The number of para-hydroxylation sites is 1. The molecule has 0 bridgehead atoms. The standard InChI is InChI=1S/C25H18N2O3S/c1-15-11-13-17(14-12-15)22(28)20-21(16-7-3-2-4-8-16)27(24(30)23(20)29)25-26-18-9-5-6-10-19(18)31-25/h2-14,20-21H,1H3. The smallest absolute Gasteiger partial charge is 0.293 e. The Hall–Kier alpha value is -3.64. The van der Waals surface area contributed by atoms with Gasteiger partial charge >= 0.3 is 0 Å². The summed E-state index contributed by atoms with van der Waals surface area (Å²) in [6.45, 7) is 1.93. The van der Waals surface area contributed by atoms with Crippen LogP contribution in [0.3, 0.4) is 0 Å². The van der Waals surface area contributed by atoms with Crippen LogP contribution in [-0.4, -0.2) is 22.5 Å². The monoisotopic (exact) mass is 426 g/mol. The molecule has 2 unspecified atom stereocenters. The first-order valence-electron chi connectivity index (χ1n) is 9.93. The van der Waals surface area contributed by atoms with Crippen LogP contribution in [0.4, 0.5) is 5.13 Å². The van der Waals surface area contributed by atoms with E-state index in [1.54, 1.807) is 12.1 Å². The second-order valence-electron chi connectivity index (χ2n) is 7.57. The van der Waals surface area contributed by atoms with Crippen molar-refractivity contribution >= 4 is 44.2 Å². The van der Waals surface area contributed by atoms with Crippen LogP contribution in [0.15, 0.2) is 78.9 Å². The Kier molecular flexibility index (Phi) is 4.71. The van der Waals surface area contributed by atoms with E-state index >= 15 is 0 Å². The summed E-state index contributed by atoms with van der Waals surface area (Å²) in [4.78, 5) is 45.7. The molecule has 1 aliphatic heterocycles. The minimum Gasteiger partial charge on any atom is -0.293 e. The van der Waals surface area contributed by atoms with Crippen LogP contribution in [0.5, 0.6) is 0 Å². The number of carbonyl (C=O) groups excluding carboxylic acids is 3. The van der Waals surface area contributed by atoms with Crippen LogP contribution in [0, 0.1) is 12.8 Å². The van der Waals surface area contributed by atoms with Gasteiger partial charge in [0, 0.05) is 5.56 Å². The van der Waals surface area contributed by atoms with Gasteiger partial charge < -0.3 is 0 Å². The van der Waals surface area contributed by atoms with E-state index in [-0.39, 0.29) is 5.78 Å². The Balaban J connectivity index is 1.65. The summed E-state index contributed by atoms with van der Waals surface area (Å²) in [5, 5.41) is 0.424. The van der Waals surface area contributed by atoms with E-state index in [0.717, 1.165) is 21.3 Å². The molecule has 1 aromatic heterocycles. The number of fused-ring (bicyclic) bond motifs is 1. The molecule has 0 N–H and O–H groups in total. The lowest BCUT2D eigenvalue weighted by Gasteiger charge is -2.25. The molecule has 0 radical (unpaired) electrons. The largest absolute Gasteiger partial charge is 0.297 e. The third-order valence-electron chi connectivity index (χ3n) is 5.55. The summed E-state index contributed by atoms with van der Waals surface area (Å²) in [6.07, 6.45) is 0. The van der Waals surface area contributed by atoms with E-state index in [4.69, 9.17) is 0 Å². The molecule has 4 aromatic rings. The quantitative estimate of drug-likeness (QED) is 0.268. The number of amides is 1. The zero-order chi connectivity index (χ0) is 21.5. The first-order valence-corrected chi connectivity index (χ1v) is 10.7. The van der Waals surface area contributed by atoms with Crippen LogP contribution >= 0.6 is 11.3 Å². The van der Waals surface area contributed by atoms with Gasteiger partial charge in [-0.05, 0) is 24.6 Å². The maximum atomic E-state index is 13.4. The normalized spacial score (nSPS) is 18.7. The Morgan fingerprint density at radius 1 is 0.903 bits per heavy atom. The van der Waals surface area contributed by atoms with Crippen LogP contribution in [-0.2, 0) is 9.59 Å². The highest BCUT2D eigenvalue weighted by molar-refractivity contribution is 7.22. The highest BCUT2D eigenvalue weighted by Crippen LogP contribution is 2.43. The van der Waals surface area contributed by atoms with Crippen molar-refractivity contribution < 1.29 is 14.4 Å². The molecule has 0 saturated carbocycles. The fourth-order valence-electron chi connectivity index (χ4n) is 3.99. The lowest BCUT2D eigenvalue weighted by Crippen LogP contribution is -2.30. The molecule has 5 rings (SSSR count). The number of nitrogens with zero attached hydrogens (tertiary/aromatic N) is 2. The van der Waals surface area contributed by atoms with Gasteiger partial charge in [-0.3, -0.25) is 19.3 Å². The van der Waals surface area contributed by atoms with E-state index in [1.807, 2.05) is 73.7 Å². The fourth-order valence-corrected chi connectivity index (χ4v) is 4.99. The van der Waals surface area contributed by atoms with E-state index in [9.17, 15) is 14.4 Å². The highest BCUT2D eigenvalue weighted by Gasteiger charge is 2.53. The number of hydrogen-bond acceptors (Lipinski definition) is 5. The van der Waals surface area contributed by atoms with Gasteiger partial charge in [-0.25, -0.2) is 4.98 Å². The van der Waals surface area contributed by atoms with Crippen molar-refractivity contribution in [3.05, 3.63) is 95.6 Å². The van der Waals surface area contributed by atoms with E-state index in [0.29, 0.717) is 10.7 Å². The lowest BCUT2D eigenvalue weighted by molar-refractivity contribution is -0.135. The minimum absolute atomic E-state index is 0.351. The molecule has 3 aromatic carbocycles. The van der Waals surface area contributed by atoms with Gasteiger partial charge in [0.05, 0.1) is 16.3 Å². The molecule has 31 heavy (non-hydrogen) atoms. The molecule has 1 aliphatic rings. The molecular weight excluding hydrogens is 408 g/mol. The molecule has 1 saturated heterocycles. The first-order chi connectivity index (χ1) is 15.0. The summed E-state index contributed by atoms with van der Waals surface area (Å²) >= 11 is 1.34. The second-order valence-corrected chi connectivity index (χ2v) is 8.58. The number of benzene rings is 3. The molecule has 1 fully saturated rings. The molecule has 6 heteroatoms. The number of anilines is 1. The van der Waals surface area contributed by atoms with Gasteiger partial charge in [0.25, 0.3) is 5.91 Å². The van der Waals surface area contributed by atoms with Gasteiger partial charge in [0.1, 0.15) is 5.92 Å². The van der Waals surface area contributed by atoms with Crippen molar-refractivity contribution in [3.63, 3.8) is 0 Å². The summed E-state index contributed by atoms with van der Waals surface area (Å²) in [6, 6.07) is 23.1. The van der Waals surface area contributed by atoms with Crippen molar-refractivity contribution in [1.29, 1.82) is 0 Å². The molecular formula is C25H18N2O3S. The van der Waals surface area contributed by atoms with E-state index < -0.39 is 23.7 Å². The second kappa shape index (κ2) is 7.56. The third kappa shape index (κ3) is 3.25. The highest BCUT2D eigenvalue weighted by atomic mass is 32.1. The Labute approximate surface area is 183 Å². The molecule has 0 spiro atoms. The van der Waals surface area contributed by atoms with Crippen molar-refractivity contribution in [1.82, 2.24) is 4.98 Å². The summed E-state index contributed by atoms with van der Waals surface area (Å²) in [7, 11) is 0. The van der Waals surface area contributed by atoms with Crippen LogP contribution in [0.2, 0.25) is 0 Å². The van der Waals surface area contributed by atoms with Crippen molar-refractivity contribution in [2.24, 2.45) is 5.92 Å². The van der Waals surface area contributed by atoms with E-state index in [1.165, 1.54) is 16.2 Å². The number of thiazole rings is 1. The van der Waals surface area contributed by atoms with Crippen LogP contribution in [0.1, 0.15) is 27.5 Å². The minimum atomic E-state index is -1.12. The van der Waals surface area contributed by atoms with Crippen LogP contribution < -0.4 is 4.90 Å². The first kappa shape index (κ1) is 19.3. The third-order valence-corrected chi connectivity index (χ3v) is 6.59. The van der Waals surface area contributed by atoms with Gasteiger partial charge in [0.2, 0.25) is 5.78 Å². The Morgan fingerprint density at radius 3 is 2.29 bits per heavy atom. The average Bonchev–Trinajstić information content (AvgIpc) is 3.33. The molecule has 2 atom stereocenters. The van der Waals surface area contributed by atoms with Gasteiger partial charge in [0.15, 0.2) is 10.9 Å². The number of ketones is 2. The number of Topliss-reactive ketones (excluding diaryl/α,β-unsaturated/α-hetero) is 2. The van der Waals surface area contributed by atoms with Gasteiger partial charge in [-0.1, -0.05) is 83.6 Å². The lowest BCUT2D eigenvalue weighted by atomic mass is 9.86. The summed E-state index contributed by atoms with van der Waals surface area (Å²) < 4.78 is 0.915. The molecule has 2 heterocycles. The number of hydrogen-bond donors (Lipinski definition) is 0. The Morgan fingerprint density at radius 2 is 1.58 bits per heavy atom. The zero-order valence-electron chi connectivity index (χ0n) is 16.7. The predicted octanol–water partition coefficient (Wildman–Crippen LogP) is 4.76. The molecule has 1 amide bonds. The number of rotatable bonds is 4. The fraction of sp³-hybridized carbons (Fsp3) is 0.120. The Bertz CT molecular complexity index is 1280. The number of aromatic nitrogens is 1. The van der Waals surface area contributed by atoms with Crippen molar-refractivity contribution in [3.8, 4) is 0 Å². The molecule has 152 valence electrons. The molecule has 0 aliphatic carbocycles. The van der Waals surface area contributed by atoms with Gasteiger partial charge in [-0.15, -0.1) is 0 Å². The van der Waals surface area contributed by atoms with Crippen molar-refractivity contribution in [2.45, 2.75) is 13.0 Å². The summed E-state index contributed by atoms with van der Waals surface area (Å²) in [5.74, 6) is -2.86. The number of carbonyl (C=O) groups is 3.